The molecule has 0 saturated heterocycles. The second-order valence-corrected chi connectivity index (χ2v) is 5.00. The third-order valence-electron chi connectivity index (χ3n) is 2.74. The van der Waals surface area contributed by atoms with Gasteiger partial charge in [-0.3, -0.25) is 0 Å². The molecular formula is C12H23N3S. The molecule has 0 radical (unpaired) electrons. The van der Waals surface area contributed by atoms with Gasteiger partial charge in [0.05, 0.1) is 6.04 Å². The van der Waals surface area contributed by atoms with Crippen molar-refractivity contribution in [3.63, 3.8) is 0 Å². The number of unbranched alkanes of at least 4 members (excludes halogenated alkanes) is 1. The van der Waals surface area contributed by atoms with E-state index in [1.807, 2.05) is 24.2 Å². The lowest BCUT2D eigenvalue weighted by Gasteiger charge is -2.16. The van der Waals surface area contributed by atoms with E-state index in [2.05, 4.69) is 35.1 Å². The second-order valence-electron chi connectivity index (χ2n) is 4.01. The first-order valence-electron chi connectivity index (χ1n) is 5.99. The molecule has 0 saturated carbocycles. The first-order valence-corrected chi connectivity index (χ1v) is 7.38. The maximum Gasteiger partial charge on any atom is 0.125 e. The fourth-order valence-corrected chi connectivity index (χ4v) is 2.27. The van der Waals surface area contributed by atoms with Crippen molar-refractivity contribution in [3.8, 4) is 0 Å². The van der Waals surface area contributed by atoms with Crippen LogP contribution in [0.25, 0.3) is 0 Å². The number of hydrogen-bond acceptors (Lipinski definition) is 3. The van der Waals surface area contributed by atoms with Crippen LogP contribution in [0, 0.1) is 0 Å². The summed E-state index contributed by atoms with van der Waals surface area (Å²) in [5.41, 5.74) is 0. The number of thioether (sulfide) groups is 1. The molecular weight excluding hydrogens is 218 g/mol. The third-order valence-corrected chi connectivity index (χ3v) is 3.44. The number of nitrogens with one attached hydrogen (secondary N) is 1. The van der Waals surface area contributed by atoms with Gasteiger partial charge in [0.15, 0.2) is 0 Å². The zero-order valence-electron chi connectivity index (χ0n) is 10.6. The van der Waals surface area contributed by atoms with Crippen LogP contribution in [-0.2, 0) is 7.05 Å². The first kappa shape index (κ1) is 13.6. The molecule has 0 spiro atoms. The van der Waals surface area contributed by atoms with E-state index < -0.39 is 0 Å². The van der Waals surface area contributed by atoms with Gasteiger partial charge in [0, 0.05) is 19.4 Å². The number of aryl methyl sites for hydroxylation is 1. The van der Waals surface area contributed by atoms with Crippen molar-refractivity contribution in [3.05, 3.63) is 18.2 Å². The van der Waals surface area contributed by atoms with Crippen molar-refractivity contribution in [2.45, 2.75) is 32.2 Å². The Bertz CT molecular complexity index is 286. The number of imidazole rings is 1. The zero-order chi connectivity index (χ0) is 11.8. The van der Waals surface area contributed by atoms with Crippen molar-refractivity contribution in [1.29, 1.82) is 0 Å². The van der Waals surface area contributed by atoms with Crippen LogP contribution in [-0.4, -0.2) is 28.1 Å². The van der Waals surface area contributed by atoms with Gasteiger partial charge in [0.2, 0.25) is 0 Å². The summed E-state index contributed by atoms with van der Waals surface area (Å²) < 4.78 is 2.10. The van der Waals surface area contributed by atoms with Crippen LogP contribution < -0.4 is 5.32 Å². The molecule has 0 fully saturated rings. The Kier molecular flexibility index (Phi) is 6.57. The fraction of sp³-hybridized carbons (Fsp3) is 0.750. The van der Waals surface area contributed by atoms with Gasteiger partial charge in [-0.25, -0.2) is 4.98 Å². The molecule has 16 heavy (non-hydrogen) atoms. The average molecular weight is 241 g/mol. The van der Waals surface area contributed by atoms with Crippen molar-refractivity contribution >= 4 is 11.8 Å². The summed E-state index contributed by atoms with van der Waals surface area (Å²) in [6.07, 6.45) is 9.68. The van der Waals surface area contributed by atoms with Crippen molar-refractivity contribution in [2.24, 2.45) is 7.05 Å². The third kappa shape index (κ3) is 4.18. The monoisotopic (exact) mass is 241 g/mol. The maximum atomic E-state index is 4.40. The molecule has 0 aliphatic rings. The van der Waals surface area contributed by atoms with Gasteiger partial charge in [-0.15, -0.1) is 0 Å². The lowest BCUT2D eigenvalue weighted by molar-refractivity contribution is 0.475. The molecule has 1 unspecified atom stereocenters. The van der Waals surface area contributed by atoms with E-state index in [4.69, 9.17) is 0 Å². The Labute approximate surface area is 103 Å². The topological polar surface area (TPSA) is 29.9 Å². The second kappa shape index (κ2) is 7.74. The van der Waals surface area contributed by atoms with Gasteiger partial charge in [-0.05, 0) is 37.8 Å². The summed E-state index contributed by atoms with van der Waals surface area (Å²) in [5.74, 6) is 2.41. The minimum atomic E-state index is 0.397. The molecule has 0 aliphatic heterocycles. The van der Waals surface area contributed by atoms with Gasteiger partial charge in [0.25, 0.3) is 0 Å². The molecule has 0 aromatic carbocycles. The lowest BCUT2D eigenvalue weighted by Crippen LogP contribution is -2.24. The van der Waals surface area contributed by atoms with Crippen molar-refractivity contribution in [1.82, 2.24) is 14.9 Å². The lowest BCUT2D eigenvalue weighted by atomic mass is 10.2. The zero-order valence-corrected chi connectivity index (χ0v) is 11.4. The number of aromatic nitrogens is 2. The van der Waals surface area contributed by atoms with Gasteiger partial charge >= 0.3 is 0 Å². The first-order chi connectivity index (χ1) is 7.79. The molecule has 1 aromatic rings. The van der Waals surface area contributed by atoms with Crippen LogP contribution in [0.2, 0.25) is 0 Å². The Morgan fingerprint density at radius 1 is 1.50 bits per heavy atom. The van der Waals surface area contributed by atoms with Crippen LogP contribution in [0.5, 0.6) is 0 Å². The van der Waals surface area contributed by atoms with E-state index in [0.29, 0.717) is 6.04 Å². The van der Waals surface area contributed by atoms with E-state index >= 15 is 0 Å². The normalized spacial score (nSPS) is 12.9. The molecule has 1 rings (SSSR count). The largest absolute Gasteiger partial charge is 0.337 e. The Balaban J connectivity index is 2.30. The summed E-state index contributed by atoms with van der Waals surface area (Å²) in [6, 6.07) is 0.397. The van der Waals surface area contributed by atoms with E-state index in [-0.39, 0.29) is 0 Å². The van der Waals surface area contributed by atoms with Crippen molar-refractivity contribution < 1.29 is 0 Å². The Morgan fingerprint density at radius 2 is 2.31 bits per heavy atom. The van der Waals surface area contributed by atoms with E-state index in [0.717, 1.165) is 18.8 Å². The van der Waals surface area contributed by atoms with Gasteiger partial charge < -0.3 is 9.88 Å². The molecule has 0 bridgehead atoms. The van der Waals surface area contributed by atoms with Gasteiger partial charge in [-0.2, -0.15) is 11.8 Å². The summed E-state index contributed by atoms with van der Waals surface area (Å²) in [7, 11) is 2.06. The van der Waals surface area contributed by atoms with E-state index in [9.17, 15) is 0 Å². The minimum Gasteiger partial charge on any atom is -0.337 e. The standard InChI is InChI=1S/C12H23N3S/c1-4-11(12-14-8-9-15(12)2)13-7-5-6-10-16-3/h8-9,11,13H,4-7,10H2,1-3H3. The molecule has 1 heterocycles. The number of nitrogens with zero attached hydrogens (tertiary/aromatic N) is 2. The highest BCUT2D eigenvalue weighted by molar-refractivity contribution is 7.98. The highest BCUT2D eigenvalue weighted by Crippen LogP contribution is 2.13. The number of hydrogen-bond donors (Lipinski definition) is 1. The Hall–Kier alpha value is -0.480. The smallest absolute Gasteiger partial charge is 0.125 e. The summed E-state index contributed by atoms with van der Waals surface area (Å²) >= 11 is 1.92. The number of rotatable bonds is 8. The minimum absolute atomic E-state index is 0.397. The predicted molar refractivity (Wildman–Crippen MR) is 71.9 cm³/mol. The highest BCUT2D eigenvalue weighted by Gasteiger charge is 2.12. The summed E-state index contributed by atoms with van der Waals surface area (Å²) in [6.45, 7) is 3.29. The average Bonchev–Trinajstić information content (AvgIpc) is 2.70. The molecule has 3 nitrogen and oxygen atoms in total. The molecule has 1 N–H and O–H groups in total. The summed E-state index contributed by atoms with van der Waals surface area (Å²) in [4.78, 5) is 4.40. The molecule has 1 atom stereocenters. The van der Waals surface area contributed by atoms with Crippen molar-refractivity contribution in [2.75, 3.05) is 18.6 Å². The van der Waals surface area contributed by atoms with Gasteiger partial charge in [0.1, 0.15) is 5.82 Å². The molecule has 0 amide bonds. The molecule has 4 heteroatoms. The van der Waals surface area contributed by atoms with Gasteiger partial charge in [-0.1, -0.05) is 6.92 Å². The van der Waals surface area contributed by atoms with E-state index in [1.165, 1.54) is 18.6 Å². The van der Waals surface area contributed by atoms with Crippen LogP contribution in [0.15, 0.2) is 12.4 Å². The Morgan fingerprint density at radius 3 is 2.88 bits per heavy atom. The SMILES string of the molecule is CCC(NCCCCSC)c1nccn1C. The maximum absolute atomic E-state index is 4.40. The van der Waals surface area contributed by atoms with Crippen LogP contribution in [0.1, 0.15) is 38.1 Å². The summed E-state index contributed by atoms with van der Waals surface area (Å²) in [5, 5.41) is 3.58. The van der Waals surface area contributed by atoms with Crippen LogP contribution >= 0.6 is 11.8 Å². The molecule has 1 aromatic heterocycles. The van der Waals surface area contributed by atoms with Crippen LogP contribution in [0.4, 0.5) is 0 Å². The predicted octanol–water partition coefficient (Wildman–Crippen LogP) is 2.60. The fourth-order valence-electron chi connectivity index (χ4n) is 1.78. The highest BCUT2D eigenvalue weighted by atomic mass is 32.2. The molecule has 92 valence electrons. The van der Waals surface area contributed by atoms with E-state index in [1.54, 1.807) is 0 Å². The quantitative estimate of drug-likeness (QED) is 0.710. The van der Waals surface area contributed by atoms with Crippen LogP contribution in [0.3, 0.4) is 0 Å². The molecule has 0 aliphatic carbocycles.